The zero-order valence-electron chi connectivity index (χ0n) is 19.4. The van der Waals surface area contributed by atoms with Crippen LogP contribution in [0, 0.1) is 0 Å². The molecule has 0 saturated carbocycles. The van der Waals surface area contributed by atoms with Crippen LogP contribution in [0.15, 0.2) is 18.2 Å². The van der Waals surface area contributed by atoms with Gasteiger partial charge in [-0.2, -0.15) is 13.2 Å². The van der Waals surface area contributed by atoms with Gasteiger partial charge in [0, 0.05) is 18.4 Å². The Morgan fingerprint density at radius 1 is 1.05 bits per heavy atom. The number of alkyl halides is 3. The summed E-state index contributed by atoms with van der Waals surface area (Å²) in [5.74, 6) is -3.45. The number of carbonyl (C=O) groups is 3. The number of hydrogen-bond donors (Lipinski definition) is 2. The van der Waals surface area contributed by atoms with Gasteiger partial charge in [0.2, 0.25) is 0 Å². The van der Waals surface area contributed by atoms with E-state index in [0.717, 1.165) is 7.11 Å². The topological polar surface area (TPSA) is 111 Å². The normalized spacial score (nSPS) is 11.1. The first-order valence-corrected chi connectivity index (χ1v) is 11.6. The van der Waals surface area contributed by atoms with Gasteiger partial charge >= 0.3 is 18.1 Å². The Morgan fingerprint density at radius 2 is 1.70 bits per heavy atom. The third kappa shape index (κ3) is 8.31. The number of ketones is 1. The van der Waals surface area contributed by atoms with Crippen molar-refractivity contribution in [3.63, 3.8) is 0 Å². The van der Waals surface area contributed by atoms with Gasteiger partial charge in [0.05, 0.1) is 41.6 Å². The molecule has 0 aliphatic heterocycles. The predicted octanol–water partition coefficient (Wildman–Crippen LogP) is 6.01. The number of methoxy groups -OCH3 is 1. The number of aromatic hydroxyl groups is 1. The zero-order chi connectivity index (χ0) is 27.9. The number of carbonyl (C=O) groups excluding carboxylic acids is 3. The lowest BCUT2D eigenvalue weighted by Crippen LogP contribution is -2.24. The molecule has 1 amide bonds. The Kier molecular flexibility index (Phi) is 10.7. The number of ether oxygens (including phenoxy) is 3. The maximum absolute atomic E-state index is 12.7. The highest BCUT2D eigenvalue weighted by Gasteiger charge is 2.29. The third-order valence-corrected chi connectivity index (χ3v) is 5.75. The van der Waals surface area contributed by atoms with Crippen LogP contribution in [0.2, 0.25) is 15.1 Å². The fourth-order valence-corrected chi connectivity index (χ4v) is 4.00. The van der Waals surface area contributed by atoms with Crippen LogP contribution in [0.1, 0.15) is 35.7 Å². The third-order valence-electron chi connectivity index (χ3n) is 4.81. The van der Waals surface area contributed by atoms with E-state index >= 15 is 0 Å². The van der Waals surface area contributed by atoms with E-state index in [9.17, 15) is 32.7 Å². The molecule has 0 saturated heterocycles. The Bertz CT molecular complexity index is 1190. The number of rotatable bonds is 10. The van der Waals surface area contributed by atoms with Crippen molar-refractivity contribution in [2.45, 2.75) is 32.4 Å². The average molecular weight is 587 g/mol. The monoisotopic (exact) mass is 585 g/mol. The highest BCUT2D eigenvalue weighted by Crippen LogP contribution is 2.43. The molecule has 202 valence electrons. The van der Waals surface area contributed by atoms with Gasteiger partial charge in [-0.15, -0.1) is 0 Å². The molecule has 2 rings (SSSR count). The van der Waals surface area contributed by atoms with E-state index in [1.54, 1.807) is 0 Å². The van der Waals surface area contributed by atoms with Crippen LogP contribution >= 0.6 is 34.8 Å². The van der Waals surface area contributed by atoms with Crippen molar-refractivity contribution in [3.05, 3.63) is 44.4 Å². The van der Waals surface area contributed by atoms with Gasteiger partial charge in [-0.25, -0.2) is 4.79 Å². The van der Waals surface area contributed by atoms with Crippen molar-refractivity contribution >= 4 is 58.1 Å². The summed E-state index contributed by atoms with van der Waals surface area (Å²) in [6.07, 6.45) is -6.09. The molecule has 0 spiro atoms. The Balaban J connectivity index is 2.08. The van der Waals surface area contributed by atoms with Gasteiger partial charge in [-0.05, 0) is 31.5 Å². The van der Waals surface area contributed by atoms with Crippen LogP contribution < -0.4 is 14.8 Å². The summed E-state index contributed by atoms with van der Waals surface area (Å²) < 4.78 is 53.6. The second-order valence-electron chi connectivity index (χ2n) is 7.46. The Hall–Kier alpha value is -2.89. The molecular weight excluding hydrogens is 566 g/mol. The van der Waals surface area contributed by atoms with E-state index in [-0.39, 0.29) is 63.0 Å². The molecule has 0 unspecified atom stereocenters. The SMILES string of the molecule is COC(=O)C(=O)Nc1c(Cl)cc(Cl)c(OCCCOc2ccc(C(C)=O)c(O)c2CCC(F)(F)F)c1Cl. The molecule has 0 aliphatic carbocycles. The maximum Gasteiger partial charge on any atom is 0.396 e. The lowest BCUT2D eigenvalue weighted by molar-refractivity contribution is -0.150. The minimum atomic E-state index is -4.48. The lowest BCUT2D eigenvalue weighted by atomic mass is 10.0. The minimum Gasteiger partial charge on any atom is -0.507 e. The van der Waals surface area contributed by atoms with E-state index in [2.05, 4.69) is 10.1 Å². The standard InChI is InChI=1S/C23H21Cl3F3NO7/c1-11(31)12-4-5-16(13(19(12)32)6-7-23(27,28)29)36-8-3-9-37-20-15(25)10-14(24)18(17(20)26)30-21(33)22(34)35-2/h4-5,10,32H,3,6-9H2,1-2H3,(H,30,33). The highest BCUT2D eigenvalue weighted by molar-refractivity contribution is 6.46. The van der Waals surface area contributed by atoms with Gasteiger partial charge in [0.1, 0.15) is 16.5 Å². The first-order chi connectivity index (χ1) is 17.3. The van der Waals surface area contributed by atoms with Crippen LogP contribution in [-0.2, 0) is 20.7 Å². The molecule has 2 N–H and O–H groups in total. The van der Waals surface area contributed by atoms with E-state index < -0.39 is 42.4 Å². The molecule has 0 bridgehead atoms. The molecule has 8 nitrogen and oxygen atoms in total. The number of amides is 1. The molecule has 0 atom stereocenters. The van der Waals surface area contributed by atoms with Crippen LogP contribution in [0.25, 0.3) is 0 Å². The predicted molar refractivity (Wildman–Crippen MR) is 130 cm³/mol. The number of benzene rings is 2. The second-order valence-corrected chi connectivity index (χ2v) is 8.66. The van der Waals surface area contributed by atoms with E-state index in [1.165, 1.54) is 25.1 Å². The van der Waals surface area contributed by atoms with E-state index in [0.29, 0.717) is 0 Å². The summed E-state index contributed by atoms with van der Waals surface area (Å²) in [6.45, 7) is 1.09. The van der Waals surface area contributed by atoms with Gasteiger partial charge in [-0.3, -0.25) is 9.59 Å². The van der Waals surface area contributed by atoms with Crippen LogP contribution in [-0.4, -0.2) is 49.3 Å². The summed E-state index contributed by atoms with van der Waals surface area (Å²) in [7, 11) is 1.02. The summed E-state index contributed by atoms with van der Waals surface area (Å²) in [5, 5.41) is 12.3. The number of anilines is 1. The van der Waals surface area contributed by atoms with Crippen molar-refractivity contribution in [1.82, 2.24) is 0 Å². The number of nitrogens with one attached hydrogen (secondary N) is 1. The molecule has 37 heavy (non-hydrogen) atoms. The van der Waals surface area contributed by atoms with Crippen molar-refractivity contribution in [2.75, 3.05) is 25.6 Å². The average Bonchev–Trinajstić information content (AvgIpc) is 2.81. The number of esters is 1. The quantitative estimate of drug-likeness (QED) is 0.152. The largest absolute Gasteiger partial charge is 0.507 e. The van der Waals surface area contributed by atoms with Gasteiger partial charge in [0.15, 0.2) is 11.5 Å². The number of Topliss-reactive ketones (excluding diaryl/α,β-unsaturated/α-hetero) is 1. The number of phenols is 1. The number of phenolic OH excluding ortho intramolecular Hbond substituents is 1. The molecule has 2 aromatic carbocycles. The van der Waals surface area contributed by atoms with Gasteiger partial charge in [0.25, 0.3) is 0 Å². The number of halogens is 6. The van der Waals surface area contributed by atoms with Crippen LogP contribution in [0.5, 0.6) is 17.2 Å². The Morgan fingerprint density at radius 3 is 2.30 bits per heavy atom. The van der Waals surface area contributed by atoms with Crippen molar-refractivity contribution in [3.8, 4) is 17.2 Å². The first kappa shape index (κ1) is 30.3. The molecular formula is C23H21Cl3F3NO7. The van der Waals surface area contributed by atoms with Gasteiger partial charge < -0.3 is 24.6 Å². The summed E-state index contributed by atoms with van der Waals surface area (Å²) >= 11 is 18.4. The van der Waals surface area contributed by atoms with E-state index in [4.69, 9.17) is 44.3 Å². The number of hydrogen-bond acceptors (Lipinski definition) is 7. The fraction of sp³-hybridized carbons (Fsp3) is 0.348. The molecule has 14 heteroatoms. The molecule has 0 heterocycles. The van der Waals surface area contributed by atoms with E-state index in [1.807, 2.05) is 0 Å². The molecule has 0 aliphatic rings. The molecule has 0 radical (unpaired) electrons. The molecule has 0 fully saturated rings. The zero-order valence-corrected chi connectivity index (χ0v) is 21.7. The summed E-state index contributed by atoms with van der Waals surface area (Å²) in [5.41, 5.74) is -0.388. The second kappa shape index (κ2) is 13.1. The van der Waals surface area contributed by atoms with Crippen LogP contribution in [0.3, 0.4) is 0 Å². The van der Waals surface area contributed by atoms with Crippen LogP contribution in [0.4, 0.5) is 18.9 Å². The maximum atomic E-state index is 12.7. The van der Waals surface area contributed by atoms with Crippen molar-refractivity contribution in [2.24, 2.45) is 0 Å². The summed E-state index contributed by atoms with van der Waals surface area (Å²) in [6, 6.07) is 3.81. The fourth-order valence-electron chi connectivity index (χ4n) is 3.04. The minimum absolute atomic E-state index is 0.00571. The molecule has 0 aromatic heterocycles. The molecule has 2 aromatic rings. The Labute approximate surface area is 224 Å². The first-order valence-electron chi connectivity index (χ1n) is 10.5. The van der Waals surface area contributed by atoms with Crippen molar-refractivity contribution in [1.29, 1.82) is 0 Å². The highest BCUT2D eigenvalue weighted by atomic mass is 35.5. The van der Waals surface area contributed by atoms with Gasteiger partial charge in [-0.1, -0.05) is 34.8 Å². The lowest BCUT2D eigenvalue weighted by Gasteiger charge is -2.17. The summed E-state index contributed by atoms with van der Waals surface area (Å²) in [4.78, 5) is 34.8. The smallest absolute Gasteiger partial charge is 0.396 e. The van der Waals surface area contributed by atoms with Crippen molar-refractivity contribution < 1.29 is 46.9 Å².